The number of piperidine rings is 1. The van der Waals surface area contributed by atoms with E-state index in [2.05, 4.69) is 5.32 Å². The van der Waals surface area contributed by atoms with Gasteiger partial charge in [-0.2, -0.15) is 0 Å². The summed E-state index contributed by atoms with van der Waals surface area (Å²) in [6.45, 7) is 3.56. The second-order valence-corrected chi connectivity index (χ2v) is 7.03. The summed E-state index contributed by atoms with van der Waals surface area (Å²) in [6, 6.07) is 0. The fourth-order valence-electron chi connectivity index (χ4n) is 2.10. The lowest BCUT2D eigenvalue weighted by molar-refractivity contribution is 0.0837. The summed E-state index contributed by atoms with van der Waals surface area (Å²) in [5.41, 5.74) is 0. The zero-order chi connectivity index (χ0) is 12.0. The first-order valence-corrected chi connectivity index (χ1v) is 7.96. The van der Waals surface area contributed by atoms with Crippen LogP contribution in [0.1, 0.15) is 32.6 Å². The molecule has 1 fully saturated rings. The number of rotatable bonds is 6. The molecule has 2 unspecified atom stereocenters. The van der Waals surface area contributed by atoms with E-state index in [9.17, 15) is 13.5 Å². The predicted molar refractivity (Wildman–Crippen MR) is 65.2 cm³/mol. The van der Waals surface area contributed by atoms with E-state index in [-0.39, 0.29) is 17.6 Å². The third-order valence-corrected chi connectivity index (χ3v) is 5.06. The highest BCUT2D eigenvalue weighted by Gasteiger charge is 2.21. The molecule has 16 heavy (non-hydrogen) atoms. The zero-order valence-electron chi connectivity index (χ0n) is 9.98. The van der Waals surface area contributed by atoms with Crippen LogP contribution in [0.3, 0.4) is 0 Å². The maximum atomic E-state index is 11.3. The van der Waals surface area contributed by atoms with E-state index in [4.69, 9.17) is 0 Å². The van der Waals surface area contributed by atoms with Crippen molar-refractivity contribution in [2.45, 2.75) is 38.7 Å². The summed E-state index contributed by atoms with van der Waals surface area (Å²) in [4.78, 5) is 0. The monoisotopic (exact) mass is 249 g/mol. The highest BCUT2D eigenvalue weighted by atomic mass is 32.2. The average Bonchev–Trinajstić information content (AvgIpc) is 2.30. The first kappa shape index (κ1) is 13.9. The number of sulfone groups is 1. The highest BCUT2D eigenvalue weighted by molar-refractivity contribution is 7.91. The Hall–Kier alpha value is -0.130. The normalized spacial score (nSPS) is 24.2. The molecule has 0 aromatic rings. The molecule has 0 amide bonds. The lowest BCUT2D eigenvalue weighted by Gasteiger charge is -2.27. The van der Waals surface area contributed by atoms with Gasteiger partial charge < -0.3 is 10.4 Å². The van der Waals surface area contributed by atoms with Gasteiger partial charge in [0.15, 0.2) is 0 Å². The summed E-state index contributed by atoms with van der Waals surface area (Å²) in [5.74, 6) is 0.715. The molecule has 0 aliphatic carbocycles. The molecule has 0 saturated carbocycles. The van der Waals surface area contributed by atoms with Gasteiger partial charge in [0.2, 0.25) is 0 Å². The minimum absolute atomic E-state index is 0.202. The zero-order valence-corrected chi connectivity index (χ0v) is 10.8. The molecule has 0 radical (unpaired) electrons. The summed E-state index contributed by atoms with van der Waals surface area (Å²) in [6.07, 6.45) is 2.99. The molecule has 1 rings (SSSR count). The van der Waals surface area contributed by atoms with Gasteiger partial charge in [-0.15, -0.1) is 0 Å². The number of aliphatic hydroxyl groups is 1. The van der Waals surface area contributed by atoms with E-state index in [1.54, 1.807) is 6.92 Å². The second-order valence-electron chi connectivity index (χ2n) is 4.55. The third kappa shape index (κ3) is 4.80. The average molecular weight is 249 g/mol. The summed E-state index contributed by atoms with van der Waals surface area (Å²) in [5, 5.41) is 13.2. The van der Waals surface area contributed by atoms with Crippen molar-refractivity contribution < 1.29 is 13.5 Å². The molecule has 1 aliphatic rings. The maximum Gasteiger partial charge on any atom is 0.150 e. The Morgan fingerprint density at radius 3 is 2.81 bits per heavy atom. The predicted octanol–water partition coefficient (Wildman–Crippen LogP) is 0.562. The van der Waals surface area contributed by atoms with Gasteiger partial charge in [-0.3, -0.25) is 0 Å². The van der Waals surface area contributed by atoms with Crippen molar-refractivity contribution in [2.75, 3.05) is 24.6 Å². The Morgan fingerprint density at radius 1 is 1.50 bits per heavy atom. The largest absolute Gasteiger partial charge is 0.393 e. The Balaban J connectivity index is 2.21. The number of nitrogens with one attached hydrogen (secondary N) is 1. The molecule has 1 aliphatic heterocycles. The van der Waals surface area contributed by atoms with Gasteiger partial charge in [0.05, 0.1) is 11.9 Å². The maximum absolute atomic E-state index is 11.3. The first-order valence-electron chi connectivity index (χ1n) is 6.14. The van der Waals surface area contributed by atoms with Crippen LogP contribution >= 0.6 is 0 Å². The van der Waals surface area contributed by atoms with Gasteiger partial charge in [0, 0.05) is 12.3 Å². The number of aliphatic hydroxyl groups excluding tert-OH is 1. The van der Waals surface area contributed by atoms with E-state index in [1.807, 2.05) is 0 Å². The van der Waals surface area contributed by atoms with Crippen molar-refractivity contribution in [3.05, 3.63) is 0 Å². The van der Waals surface area contributed by atoms with Crippen molar-refractivity contribution in [2.24, 2.45) is 5.92 Å². The quantitative estimate of drug-likeness (QED) is 0.722. The van der Waals surface area contributed by atoms with Crippen LogP contribution in [0.4, 0.5) is 0 Å². The van der Waals surface area contributed by atoms with Gasteiger partial charge in [-0.25, -0.2) is 8.42 Å². The fraction of sp³-hybridized carbons (Fsp3) is 1.00. The smallest absolute Gasteiger partial charge is 0.150 e. The van der Waals surface area contributed by atoms with E-state index in [0.717, 1.165) is 25.9 Å². The van der Waals surface area contributed by atoms with Gasteiger partial charge >= 0.3 is 0 Å². The molecule has 5 heteroatoms. The molecular weight excluding hydrogens is 226 g/mol. The number of hydrogen-bond donors (Lipinski definition) is 2. The van der Waals surface area contributed by atoms with E-state index in [0.29, 0.717) is 18.8 Å². The molecule has 0 bridgehead atoms. The standard InChI is InChI=1S/C11H23NO3S/c1-2-16(14,15)8-4-6-11(13)10-5-3-7-12-9-10/h10-13H,2-9H2,1H3. The van der Waals surface area contributed by atoms with Gasteiger partial charge in [-0.05, 0) is 38.1 Å². The summed E-state index contributed by atoms with van der Waals surface area (Å²) < 4.78 is 22.5. The van der Waals surface area contributed by atoms with Crippen molar-refractivity contribution in [3.63, 3.8) is 0 Å². The molecule has 2 N–H and O–H groups in total. The summed E-state index contributed by atoms with van der Waals surface area (Å²) in [7, 11) is -2.87. The molecule has 1 saturated heterocycles. The van der Waals surface area contributed by atoms with Crippen molar-refractivity contribution in [1.29, 1.82) is 0 Å². The Bertz CT molecular complexity index is 284. The molecule has 96 valence electrons. The van der Waals surface area contributed by atoms with Crippen LogP contribution in [0.25, 0.3) is 0 Å². The molecular formula is C11H23NO3S. The van der Waals surface area contributed by atoms with Crippen LogP contribution in [0, 0.1) is 5.92 Å². The Labute approximate surface area is 98.4 Å². The number of hydrogen-bond acceptors (Lipinski definition) is 4. The van der Waals surface area contributed by atoms with Crippen LogP contribution in [-0.4, -0.2) is 44.2 Å². The lowest BCUT2D eigenvalue weighted by Crippen LogP contribution is -2.36. The van der Waals surface area contributed by atoms with Crippen molar-refractivity contribution >= 4 is 9.84 Å². The van der Waals surface area contributed by atoms with Gasteiger partial charge in [0.1, 0.15) is 9.84 Å². The third-order valence-electron chi connectivity index (χ3n) is 3.27. The minimum atomic E-state index is -2.87. The molecule has 1 heterocycles. The van der Waals surface area contributed by atoms with E-state index >= 15 is 0 Å². The Kier molecular flexibility index (Phi) is 5.72. The summed E-state index contributed by atoms with van der Waals surface area (Å²) >= 11 is 0. The van der Waals surface area contributed by atoms with Crippen LogP contribution < -0.4 is 5.32 Å². The SMILES string of the molecule is CCS(=O)(=O)CCCC(O)C1CCCNC1. The van der Waals surface area contributed by atoms with Crippen LogP contribution in [0.5, 0.6) is 0 Å². The lowest BCUT2D eigenvalue weighted by atomic mass is 9.91. The van der Waals surface area contributed by atoms with Gasteiger partial charge in [-0.1, -0.05) is 6.92 Å². The van der Waals surface area contributed by atoms with Crippen molar-refractivity contribution in [3.8, 4) is 0 Å². The minimum Gasteiger partial charge on any atom is -0.393 e. The van der Waals surface area contributed by atoms with E-state index in [1.165, 1.54) is 0 Å². The second kappa shape index (κ2) is 6.57. The van der Waals surface area contributed by atoms with Crippen LogP contribution in [0.15, 0.2) is 0 Å². The van der Waals surface area contributed by atoms with Crippen LogP contribution in [-0.2, 0) is 9.84 Å². The molecule has 0 spiro atoms. The topological polar surface area (TPSA) is 66.4 Å². The first-order chi connectivity index (χ1) is 7.55. The van der Waals surface area contributed by atoms with Gasteiger partial charge in [0.25, 0.3) is 0 Å². The van der Waals surface area contributed by atoms with Crippen molar-refractivity contribution in [1.82, 2.24) is 5.32 Å². The Morgan fingerprint density at radius 2 is 2.25 bits per heavy atom. The fourth-order valence-corrected chi connectivity index (χ4v) is 2.99. The molecule has 2 atom stereocenters. The molecule has 0 aromatic heterocycles. The molecule has 4 nitrogen and oxygen atoms in total. The molecule has 0 aromatic carbocycles. The van der Waals surface area contributed by atoms with E-state index < -0.39 is 9.84 Å². The highest BCUT2D eigenvalue weighted by Crippen LogP contribution is 2.18. The van der Waals surface area contributed by atoms with Crippen LogP contribution in [0.2, 0.25) is 0 Å².